The second kappa shape index (κ2) is 12.9. The lowest BCUT2D eigenvalue weighted by Crippen LogP contribution is -2.14. The third-order valence-corrected chi connectivity index (χ3v) is 13.4. The van der Waals surface area contributed by atoms with Gasteiger partial charge in [-0.15, -0.1) is 11.3 Å². The molecule has 0 spiro atoms. The number of nitrogens with zero attached hydrogens (tertiary/aromatic N) is 3. The second-order valence-electron chi connectivity index (χ2n) is 16.0. The molecule has 1 aliphatic rings. The fourth-order valence-corrected chi connectivity index (χ4v) is 10.4. The summed E-state index contributed by atoms with van der Waals surface area (Å²) in [4.78, 5) is 15.8. The van der Waals surface area contributed by atoms with Crippen molar-refractivity contribution < 1.29 is 4.42 Å². The minimum atomic E-state index is -0.0931. The topological polar surface area (TPSA) is 51.8 Å². The number of fused-ring (bicyclic) bond motifs is 9. The van der Waals surface area contributed by atoms with E-state index >= 15 is 0 Å². The standard InChI is InChI=1S/C54H35N3OS/c1-54(2)44-19-8-6-14-38(44)43-30-35(27-29-45(43)54)51-55-52(57-53(56-51)42-18-10-17-40-39-15-7-9-21-48(39)59-50(40)42)36-26-28-41-47(31-36)58-46-20-11-16-37(49(41)46)34-24-22-33(23-25-34)32-12-4-3-5-13-32/h3-31H,1-2H3. The normalized spacial score (nSPS) is 13.1. The lowest BCUT2D eigenvalue weighted by Gasteiger charge is -2.21. The molecule has 0 bridgehead atoms. The van der Waals surface area contributed by atoms with Crippen molar-refractivity contribution in [2.24, 2.45) is 0 Å². The van der Waals surface area contributed by atoms with Crippen LogP contribution in [0.15, 0.2) is 180 Å². The highest BCUT2D eigenvalue weighted by Crippen LogP contribution is 2.49. The Morgan fingerprint density at radius 1 is 0.407 bits per heavy atom. The zero-order chi connectivity index (χ0) is 39.2. The molecule has 1 aliphatic carbocycles. The first kappa shape index (κ1) is 33.9. The fraction of sp³-hybridized carbons (Fsp3) is 0.0556. The van der Waals surface area contributed by atoms with Crippen molar-refractivity contribution in [3.05, 3.63) is 187 Å². The first-order valence-corrected chi connectivity index (χ1v) is 20.8. The summed E-state index contributed by atoms with van der Waals surface area (Å²) in [6.45, 7) is 4.61. The molecule has 0 N–H and O–H groups in total. The zero-order valence-electron chi connectivity index (χ0n) is 32.4. The smallest absolute Gasteiger partial charge is 0.165 e. The highest BCUT2D eigenvalue weighted by Gasteiger charge is 2.35. The minimum absolute atomic E-state index is 0.0931. The predicted molar refractivity (Wildman–Crippen MR) is 245 cm³/mol. The van der Waals surface area contributed by atoms with Crippen molar-refractivity contribution in [3.8, 4) is 67.5 Å². The Hall–Kier alpha value is -7.21. The van der Waals surface area contributed by atoms with Crippen molar-refractivity contribution in [2.75, 3.05) is 0 Å². The molecular weight excluding hydrogens is 739 g/mol. The van der Waals surface area contributed by atoms with E-state index in [9.17, 15) is 0 Å². The van der Waals surface area contributed by atoms with Gasteiger partial charge in [0.15, 0.2) is 17.5 Å². The van der Waals surface area contributed by atoms with Crippen LogP contribution in [0, 0.1) is 0 Å². The predicted octanol–water partition coefficient (Wildman–Crippen LogP) is 14.8. The summed E-state index contributed by atoms with van der Waals surface area (Å²) < 4.78 is 9.03. The zero-order valence-corrected chi connectivity index (χ0v) is 33.2. The molecule has 0 saturated heterocycles. The SMILES string of the molecule is CC1(C)c2ccccc2-c2cc(-c3nc(-c4ccc5c(c4)oc4cccc(-c6ccc(-c7ccccc7)cc6)c45)nc(-c4cccc5c4sc4ccccc45)n3)ccc21. The average molecular weight is 774 g/mol. The highest BCUT2D eigenvalue weighted by atomic mass is 32.1. The molecular formula is C54H35N3OS. The van der Waals surface area contributed by atoms with Gasteiger partial charge in [-0.25, -0.2) is 15.0 Å². The Morgan fingerprint density at radius 2 is 1.02 bits per heavy atom. The fourth-order valence-electron chi connectivity index (χ4n) is 9.22. The molecule has 0 fully saturated rings. The molecule has 0 aliphatic heterocycles. The maximum Gasteiger partial charge on any atom is 0.165 e. The van der Waals surface area contributed by atoms with E-state index in [2.05, 4.69) is 184 Å². The Morgan fingerprint density at radius 3 is 1.88 bits per heavy atom. The molecule has 8 aromatic carbocycles. The van der Waals surface area contributed by atoms with Gasteiger partial charge in [0.2, 0.25) is 0 Å². The molecule has 4 nitrogen and oxygen atoms in total. The van der Waals surface area contributed by atoms with Gasteiger partial charge in [0.05, 0.1) is 0 Å². The number of thiophene rings is 1. The van der Waals surface area contributed by atoms with Crippen molar-refractivity contribution in [1.82, 2.24) is 15.0 Å². The minimum Gasteiger partial charge on any atom is -0.456 e. The van der Waals surface area contributed by atoms with Crippen LogP contribution in [-0.4, -0.2) is 15.0 Å². The van der Waals surface area contributed by atoms with E-state index < -0.39 is 0 Å². The van der Waals surface area contributed by atoms with E-state index in [-0.39, 0.29) is 5.41 Å². The molecule has 0 atom stereocenters. The van der Waals surface area contributed by atoms with E-state index in [1.54, 1.807) is 11.3 Å². The van der Waals surface area contributed by atoms with Crippen LogP contribution in [0.1, 0.15) is 25.0 Å². The van der Waals surface area contributed by atoms with E-state index in [0.29, 0.717) is 17.5 Å². The molecule has 278 valence electrons. The molecule has 5 heteroatoms. The Labute approximate surface area is 345 Å². The van der Waals surface area contributed by atoms with Crippen LogP contribution in [-0.2, 0) is 5.41 Å². The average Bonchev–Trinajstić information content (AvgIpc) is 3.94. The Kier molecular flexibility index (Phi) is 7.41. The molecule has 59 heavy (non-hydrogen) atoms. The second-order valence-corrected chi connectivity index (χ2v) is 17.0. The van der Waals surface area contributed by atoms with Gasteiger partial charge in [0.1, 0.15) is 11.2 Å². The van der Waals surface area contributed by atoms with Gasteiger partial charge in [-0.3, -0.25) is 0 Å². The van der Waals surface area contributed by atoms with Gasteiger partial charge in [0.25, 0.3) is 0 Å². The van der Waals surface area contributed by atoms with Crippen LogP contribution in [0.25, 0.3) is 110 Å². The maximum absolute atomic E-state index is 6.62. The van der Waals surface area contributed by atoms with Crippen LogP contribution in [0.3, 0.4) is 0 Å². The van der Waals surface area contributed by atoms with Crippen molar-refractivity contribution >= 4 is 53.4 Å². The summed E-state index contributed by atoms with van der Waals surface area (Å²) in [5.41, 5.74) is 14.2. The summed E-state index contributed by atoms with van der Waals surface area (Å²) >= 11 is 1.78. The summed E-state index contributed by atoms with van der Waals surface area (Å²) in [6.07, 6.45) is 0. The van der Waals surface area contributed by atoms with Gasteiger partial charge in [-0.1, -0.05) is 153 Å². The van der Waals surface area contributed by atoms with E-state index in [0.717, 1.165) is 49.8 Å². The third kappa shape index (κ3) is 5.32. The summed E-state index contributed by atoms with van der Waals surface area (Å²) in [7, 11) is 0. The lowest BCUT2D eigenvalue weighted by molar-refractivity contribution is 0.660. The monoisotopic (exact) mass is 773 g/mol. The maximum atomic E-state index is 6.62. The van der Waals surface area contributed by atoms with E-state index in [1.807, 2.05) is 6.07 Å². The molecule has 11 aromatic rings. The van der Waals surface area contributed by atoms with Crippen LogP contribution in [0.2, 0.25) is 0 Å². The van der Waals surface area contributed by atoms with Crippen LogP contribution >= 0.6 is 11.3 Å². The first-order chi connectivity index (χ1) is 29.0. The number of rotatable bonds is 5. The van der Waals surface area contributed by atoms with E-state index in [4.69, 9.17) is 19.4 Å². The van der Waals surface area contributed by atoms with Gasteiger partial charge < -0.3 is 4.42 Å². The number of benzene rings is 8. The van der Waals surface area contributed by atoms with Gasteiger partial charge >= 0.3 is 0 Å². The summed E-state index contributed by atoms with van der Waals surface area (Å²) in [5, 5.41) is 4.59. The third-order valence-electron chi connectivity index (χ3n) is 12.2. The highest BCUT2D eigenvalue weighted by molar-refractivity contribution is 7.26. The molecule has 3 aromatic heterocycles. The van der Waals surface area contributed by atoms with Crippen molar-refractivity contribution in [1.29, 1.82) is 0 Å². The van der Waals surface area contributed by atoms with Crippen LogP contribution in [0.4, 0.5) is 0 Å². The Bertz CT molecular complexity index is 3470. The first-order valence-electron chi connectivity index (χ1n) is 20.0. The number of hydrogen-bond acceptors (Lipinski definition) is 5. The molecule has 0 radical (unpaired) electrons. The molecule has 0 saturated carbocycles. The number of hydrogen-bond donors (Lipinski definition) is 0. The van der Waals surface area contributed by atoms with Crippen molar-refractivity contribution in [3.63, 3.8) is 0 Å². The number of aromatic nitrogens is 3. The molecule has 3 heterocycles. The van der Waals surface area contributed by atoms with Gasteiger partial charge in [-0.2, -0.15) is 0 Å². The van der Waals surface area contributed by atoms with Crippen LogP contribution in [0.5, 0.6) is 0 Å². The molecule has 0 unspecified atom stereocenters. The van der Waals surface area contributed by atoms with Crippen LogP contribution < -0.4 is 0 Å². The molecule has 0 amide bonds. The molecule has 12 rings (SSSR count). The lowest BCUT2D eigenvalue weighted by atomic mass is 9.82. The summed E-state index contributed by atoms with van der Waals surface area (Å²) in [5.74, 6) is 1.89. The van der Waals surface area contributed by atoms with Crippen molar-refractivity contribution in [2.45, 2.75) is 19.3 Å². The van der Waals surface area contributed by atoms with E-state index in [1.165, 1.54) is 53.6 Å². The quantitative estimate of drug-likeness (QED) is 0.175. The largest absolute Gasteiger partial charge is 0.456 e. The number of furan rings is 1. The summed E-state index contributed by atoms with van der Waals surface area (Å²) in [6, 6.07) is 62.4. The Balaban J connectivity index is 1.02. The van der Waals surface area contributed by atoms with Gasteiger partial charge in [-0.05, 0) is 80.9 Å². The van der Waals surface area contributed by atoms with Gasteiger partial charge in [0, 0.05) is 53.1 Å².